The average molecular weight is 495 g/mol. The molecule has 0 saturated heterocycles. The van der Waals surface area contributed by atoms with Crippen LogP contribution in [0.15, 0.2) is 59.5 Å². The van der Waals surface area contributed by atoms with E-state index in [0.29, 0.717) is 11.3 Å². The molecule has 0 unspecified atom stereocenters. The van der Waals surface area contributed by atoms with Crippen LogP contribution in [0.5, 0.6) is 11.5 Å². The number of carboxylic acid groups (broad SMARTS) is 1. The van der Waals surface area contributed by atoms with E-state index in [1.54, 1.807) is 31.4 Å². The number of benzene rings is 2. The summed E-state index contributed by atoms with van der Waals surface area (Å²) < 4.78 is 6.43. The van der Waals surface area contributed by atoms with E-state index in [-0.39, 0.29) is 64.7 Å². The van der Waals surface area contributed by atoms with Crippen LogP contribution in [0.25, 0.3) is 11.1 Å². The predicted molar refractivity (Wildman–Crippen MR) is 119 cm³/mol. The second-order valence-corrected chi connectivity index (χ2v) is 7.52. The van der Waals surface area contributed by atoms with Gasteiger partial charge in [0.1, 0.15) is 11.4 Å². The van der Waals surface area contributed by atoms with Gasteiger partial charge in [-0.2, -0.15) is 0 Å². The number of nitrogens with one attached hydrogen (secondary N) is 2. The Morgan fingerprint density at radius 2 is 1.71 bits per heavy atom. The summed E-state index contributed by atoms with van der Waals surface area (Å²) in [7, 11) is 3.02. The number of aryl methyl sites for hydroxylation is 2. The van der Waals surface area contributed by atoms with E-state index in [2.05, 4.69) is 10.6 Å². The summed E-state index contributed by atoms with van der Waals surface area (Å²) in [6.07, 6.45) is 0.863. The second-order valence-electron chi connectivity index (χ2n) is 7.52. The SMILES string of the molecule is COc1cccc(-c2cccc([C@H](CC(=O)[O-])NC(=O)Nc3c([O-])c(C)cn(C)c3=O)c2)c1.[Na+].[Na+]. The number of carboxylic acids is 1. The molecule has 2 aromatic carbocycles. The Labute approximate surface area is 247 Å². The molecular formula is C24H23N3Na2O6. The molecule has 11 heteroatoms. The number of ether oxygens (including phenoxy) is 1. The third-order valence-corrected chi connectivity index (χ3v) is 5.11. The monoisotopic (exact) mass is 495 g/mol. The van der Waals surface area contributed by atoms with Gasteiger partial charge < -0.3 is 34.9 Å². The first-order chi connectivity index (χ1) is 15.7. The molecule has 2 N–H and O–H groups in total. The smallest absolute Gasteiger partial charge is 0.871 e. The Morgan fingerprint density at radius 3 is 2.34 bits per heavy atom. The molecule has 172 valence electrons. The zero-order valence-corrected chi connectivity index (χ0v) is 24.4. The number of nitrogens with zero attached hydrogens (tertiary/aromatic N) is 1. The second kappa shape index (κ2) is 13.7. The standard InChI is InChI=1S/C24H25N3O6.2Na/c1-14-13-27(2)23(31)21(22(14)30)26-24(32)25-19(12-20(28)29)17-8-4-6-15(10-17)16-7-5-9-18(11-16)33-3;;/h4-11,13,19,30H,12H2,1-3H3,(H,28,29)(H2,25,26,32);;/q;2*+1/p-2/t19-;;/m0../s1. The maximum Gasteiger partial charge on any atom is 1.00 e. The molecule has 0 aliphatic rings. The number of rotatable bonds is 7. The van der Waals surface area contributed by atoms with Crippen molar-refractivity contribution < 1.29 is 83.7 Å². The minimum atomic E-state index is -1.37. The largest absolute Gasteiger partial charge is 1.00 e. The number of carbonyl (C=O) groups is 2. The zero-order chi connectivity index (χ0) is 24.1. The van der Waals surface area contributed by atoms with Gasteiger partial charge in [-0.25, -0.2) is 4.79 Å². The number of anilines is 1. The summed E-state index contributed by atoms with van der Waals surface area (Å²) in [5, 5.41) is 28.4. The number of methoxy groups -OCH3 is 1. The van der Waals surface area contributed by atoms with Crippen molar-refractivity contribution in [3.8, 4) is 22.6 Å². The molecule has 1 heterocycles. The van der Waals surface area contributed by atoms with Crippen LogP contribution in [0, 0.1) is 6.92 Å². The predicted octanol–water partition coefficient (Wildman–Crippen LogP) is -4.55. The Balaban J connectivity index is 0.00000306. The van der Waals surface area contributed by atoms with E-state index in [9.17, 15) is 24.6 Å². The summed E-state index contributed by atoms with van der Waals surface area (Å²) in [6, 6.07) is 12.5. The fourth-order valence-corrected chi connectivity index (χ4v) is 3.45. The molecule has 0 fully saturated rings. The maximum absolute atomic E-state index is 12.6. The van der Waals surface area contributed by atoms with E-state index >= 15 is 0 Å². The van der Waals surface area contributed by atoms with E-state index in [1.165, 1.54) is 24.7 Å². The van der Waals surface area contributed by atoms with Gasteiger partial charge in [0, 0.05) is 25.6 Å². The summed E-state index contributed by atoms with van der Waals surface area (Å²) in [4.78, 5) is 36.2. The number of hydrogen-bond acceptors (Lipinski definition) is 6. The first kappa shape index (κ1) is 30.8. The van der Waals surface area contributed by atoms with Crippen LogP contribution in [0.4, 0.5) is 10.5 Å². The van der Waals surface area contributed by atoms with Gasteiger partial charge in [-0.15, -0.1) is 0 Å². The normalized spacial score (nSPS) is 10.8. The molecule has 1 atom stereocenters. The molecule has 3 aromatic rings. The van der Waals surface area contributed by atoms with Gasteiger partial charge in [0.2, 0.25) is 0 Å². The quantitative estimate of drug-likeness (QED) is 0.317. The zero-order valence-electron chi connectivity index (χ0n) is 20.4. The molecule has 0 aliphatic carbocycles. The van der Waals surface area contributed by atoms with Crippen LogP contribution >= 0.6 is 0 Å². The molecule has 0 saturated carbocycles. The first-order valence-corrected chi connectivity index (χ1v) is 10.1. The number of urea groups is 1. The average Bonchev–Trinajstić information content (AvgIpc) is 2.80. The number of hydrogen-bond donors (Lipinski definition) is 2. The number of aromatic nitrogens is 1. The third kappa shape index (κ3) is 7.86. The number of aliphatic carboxylic acids is 1. The van der Waals surface area contributed by atoms with Crippen molar-refractivity contribution >= 4 is 17.7 Å². The fraction of sp³-hybridized carbons (Fsp3) is 0.208. The van der Waals surface area contributed by atoms with Crippen molar-refractivity contribution in [1.82, 2.24) is 9.88 Å². The fourth-order valence-electron chi connectivity index (χ4n) is 3.45. The Bertz CT molecular complexity index is 1260. The van der Waals surface area contributed by atoms with E-state index < -0.39 is 41.5 Å². The van der Waals surface area contributed by atoms with Crippen molar-refractivity contribution in [3.05, 3.63) is 76.2 Å². The van der Waals surface area contributed by atoms with Crippen LogP contribution in [-0.4, -0.2) is 23.7 Å². The summed E-state index contributed by atoms with van der Waals surface area (Å²) >= 11 is 0. The Hall–Kier alpha value is -2.27. The van der Waals surface area contributed by atoms with E-state index in [1.807, 2.05) is 24.3 Å². The minimum Gasteiger partial charge on any atom is -0.871 e. The minimum absolute atomic E-state index is 0. The van der Waals surface area contributed by atoms with Gasteiger partial charge in [-0.3, -0.25) is 4.79 Å². The van der Waals surface area contributed by atoms with Gasteiger partial charge in [-0.05, 0) is 47.4 Å². The van der Waals surface area contributed by atoms with Gasteiger partial charge in [0.15, 0.2) is 0 Å². The molecule has 0 spiro atoms. The van der Waals surface area contributed by atoms with Crippen molar-refractivity contribution in [3.63, 3.8) is 0 Å². The van der Waals surface area contributed by atoms with Crippen LogP contribution in [0.1, 0.15) is 23.6 Å². The Morgan fingerprint density at radius 1 is 1.09 bits per heavy atom. The molecule has 2 amide bonds. The summed E-state index contributed by atoms with van der Waals surface area (Å²) in [5.41, 5.74) is 1.34. The van der Waals surface area contributed by atoms with Crippen molar-refractivity contribution in [2.24, 2.45) is 7.05 Å². The van der Waals surface area contributed by atoms with Crippen molar-refractivity contribution in [2.75, 3.05) is 12.4 Å². The number of pyridine rings is 1. The molecule has 3 rings (SSSR count). The topological polar surface area (TPSA) is 136 Å². The molecule has 35 heavy (non-hydrogen) atoms. The third-order valence-electron chi connectivity index (χ3n) is 5.11. The summed E-state index contributed by atoms with van der Waals surface area (Å²) in [5.74, 6) is -1.32. The van der Waals surface area contributed by atoms with E-state index in [4.69, 9.17) is 4.74 Å². The van der Waals surface area contributed by atoms with Gasteiger partial charge in [0.25, 0.3) is 5.56 Å². The van der Waals surface area contributed by atoms with Gasteiger partial charge >= 0.3 is 65.1 Å². The molecule has 0 bridgehead atoms. The molecule has 0 aliphatic heterocycles. The van der Waals surface area contributed by atoms with Crippen LogP contribution in [-0.2, 0) is 11.8 Å². The van der Waals surface area contributed by atoms with Crippen LogP contribution in [0.3, 0.4) is 0 Å². The summed E-state index contributed by atoms with van der Waals surface area (Å²) in [6.45, 7) is 1.52. The molecule has 1 aromatic heterocycles. The maximum atomic E-state index is 12.6. The van der Waals surface area contributed by atoms with Crippen molar-refractivity contribution in [1.29, 1.82) is 0 Å². The number of amides is 2. The first-order valence-electron chi connectivity index (χ1n) is 10.1. The van der Waals surface area contributed by atoms with Crippen LogP contribution < -0.4 is 90.3 Å². The number of carbonyl (C=O) groups excluding carboxylic acids is 2. The molecule has 9 nitrogen and oxygen atoms in total. The van der Waals surface area contributed by atoms with Gasteiger partial charge in [-0.1, -0.05) is 36.1 Å². The Kier molecular flexibility index (Phi) is 12.1. The van der Waals surface area contributed by atoms with E-state index in [0.717, 1.165) is 11.1 Å². The molecular weight excluding hydrogens is 472 g/mol. The van der Waals surface area contributed by atoms with Crippen molar-refractivity contribution in [2.45, 2.75) is 19.4 Å². The van der Waals surface area contributed by atoms with Crippen LogP contribution in [0.2, 0.25) is 0 Å². The molecule has 0 radical (unpaired) electrons. The van der Waals surface area contributed by atoms with Gasteiger partial charge in [0.05, 0.1) is 13.2 Å².